The van der Waals surface area contributed by atoms with E-state index in [1.807, 2.05) is 24.3 Å². The number of ether oxygens (including phenoxy) is 1. The van der Waals surface area contributed by atoms with Gasteiger partial charge in [0.05, 0.1) is 18.8 Å². The molecule has 0 atom stereocenters. The van der Waals surface area contributed by atoms with Gasteiger partial charge in [-0.2, -0.15) is 0 Å². The van der Waals surface area contributed by atoms with Crippen LogP contribution in [0.1, 0.15) is 51.9 Å². The SMILES string of the molecule is CCCOc1ccccc1NC(=O)CN(C)C1CCCCCC1. The van der Waals surface area contributed by atoms with Gasteiger partial charge in [0.1, 0.15) is 5.75 Å². The molecular weight excluding hydrogens is 288 g/mol. The van der Waals surface area contributed by atoms with Gasteiger partial charge in [-0.1, -0.05) is 44.7 Å². The highest BCUT2D eigenvalue weighted by atomic mass is 16.5. The van der Waals surface area contributed by atoms with Crippen LogP contribution in [0.4, 0.5) is 5.69 Å². The number of anilines is 1. The van der Waals surface area contributed by atoms with Gasteiger partial charge in [-0.25, -0.2) is 0 Å². The molecule has 0 heterocycles. The molecule has 128 valence electrons. The van der Waals surface area contributed by atoms with E-state index in [0.29, 0.717) is 19.2 Å². The zero-order valence-electron chi connectivity index (χ0n) is 14.5. The number of hydrogen-bond donors (Lipinski definition) is 1. The number of nitrogens with zero attached hydrogens (tertiary/aromatic N) is 1. The molecule has 0 radical (unpaired) electrons. The molecule has 4 heteroatoms. The molecule has 1 aliphatic rings. The lowest BCUT2D eigenvalue weighted by Gasteiger charge is -2.26. The Morgan fingerprint density at radius 3 is 2.61 bits per heavy atom. The molecule has 1 fully saturated rings. The highest BCUT2D eigenvalue weighted by Crippen LogP contribution is 2.24. The monoisotopic (exact) mass is 318 g/mol. The van der Waals surface area contributed by atoms with E-state index in [-0.39, 0.29) is 5.91 Å². The van der Waals surface area contributed by atoms with E-state index in [0.717, 1.165) is 17.9 Å². The Hall–Kier alpha value is -1.55. The molecule has 1 saturated carbocycles. The summed E-state index contributed by atoms with van der Waals surface area (Å²) in [6.07, 6.45) is 8.60. The van der Waals surface area contributed by atoms with Crippen molar-refractivity contribution in [1.82, 2.24) is 4.90 Å². The molecule has 0 spiro atoms. The van der Waals surface area contributed by atoms with Gasteiger partial charge in [-0.15, -0.1) is 0 Å². The molecule has 1 N–H and O–H groups in total. The Balaban J connectivity index is 1.88. The van der Waals surface area contributed by atoms with Crippen molar-refractivity contribution in [3.8, 4) is 5.75 Å². The third-order valence-corrected chi connectivity index (χ3v) is 4.46. The number of amides is 1. The zero-order chi connectivity index (χ0) is 16.5. The highest BCUT2D eigenvalue weighted by Gasteiger charge is 2.19. The maximum Gasteiger partial charge on any atom is 0.238 e. The van der Waals surface area contributed by atoms with Crippen LogP contribution >= 0.6 is 0 Å². The lowest BCUT2D eigenvalue weighted by atomic mass is 10.1. The summed E-state index contributed by atoms with van der Waals surface area (Å²) in [4.78, 5) is 14.6. The molecule has 0 bridgehead atoms. The molecule has 2 rings (SSSR count). The summed E-state index contributed by atoms with van der Waals surface area (Å²) in [5.74, 6) is 0.782. The van der Waals surface area contributed by atoms with E-state index < -0.39 is 0 Å². The van der Waals surface area contributed by atoms with Crippen molar-refractivity contribution in [2.24, 2.45) is 0 Å². The van der Waals surface area contributed by atoms with Crippen LogP contribution in [0.15, 0.2) is 24.3 Å². The van der Waals surface area contributed by atoms with Gasteiger partial charge in [0.25, 0.3) is 0 Å². The summed E-state index contributed by atoms with van der Waals surface area (Å²) < 4.78 is 5.70. The van der Waals surface area contributed by atoms with Gasteiger partial charge in [0, 0.05) is 6.04 Å². The van der Waals surface area contributed by atoms with E-state index in [4.69, 9.17) is 4.74 Å². The first-order chi connectivity index (χ1) is 11.2. The van der Waals surface area contributed by atoms with Crippen molar-refractivity contribution in [3.05, 3.63) is 24.3 Å². The second kappa shape index (κ2) is 9.56. The Kier molecular flexibility index (Phi) is 7.40. The number of para-hydroxylation sites is 2. The van der Waals surface area contributed by atoms with Gasteiger partial charge < -0.3 is 10.1 Å². The smallest absolute Gasteiger partial charge is 0.238 e. The molecule has 1 aromatic rings. The molecule has 23 heavy (non-hydrogen) atoms. The third-order valence-electron chi connectivity index (χ3n) is 4.46. The maximum absolute atomic E-state index is 12.4. The minimum absolute atomic E-state index is 0.0318. The summed E-state index contributed by atoms with van der Waals surface area (Å²) >= 11 is 0. The first-order valence-corrected chi connectivity index (χ1v) is 8.92. The Morgan fingerprint density at radius 1 is 1.22 bits per heavy atom. The van der Waals surface area contributed by atoms with Crippen molar-refractivity contribution < 1.29 is 9.53 Å². The molecule has 0 aromatic heterocycles. The number of likely N-dealkylation sites (N-methyl/N-ethyl adjacent to an activating group) is 1. The quantitative estimate of drug-likeness (QED) is 0.771. The second-order valence-corrected chi connectivity index (χ2v) is 6.45. The van der Waals surface area contributed by atoms with Crippen LogP contribution in [0.2, 0.25) is 0 Å². The van der Waals surface area contributed by atoms with Crippen molar-refractivity contribution in [3.63, 3.8) is 0 Å². The Bertz CT molecular complexity index is 482. The summed E-state index contributed by atoms with van der Waals surface area (Å²) in [5, 5.41) is 3.00. The Morgan fingerprint density at radius 2 is 1.91 bits per heavy atom. The van der Waals surface area contributed by atoms with E-state index in [1.165, 1.54) is 38.5 Å². The van der Waals surface area contributed by atoms with Crippen LogP contribution in [0.3, 0.4) is 0 Å². The van der Waals surface area contributed by atoms with Gasteiger partial charge in [-0.05, 0) is 38.4 Å². The summed E-state index contributed by atoms with van der Waals surface area (Å²) in [7, 11) is 2.06. The zero-order valence-corrected chi connectivity index (χ0v) is 14.5. The molecule has 1 aliphatic carbocycles. The predicted octanol–water partition coefficient (Wildman–Crippen LogP) is 4.07. The van der Waals surface area contributed by atoms with Crippen LogP contribution in [-0.4, -0.2) is 37.0 Å². The number of rotatable bonds is 7. The van der Waals surface area contributed by atoms with Crippen LogP contribution in [0.25, 0.3) is 0 Å². The number of nitrogens with one attached hydrogen (secondary N) is 1. The van der Waals surface area contributed by atoms with E-state index >= 15 is 0 Å². The van der Waals surface area contributed by atoms with E-state index in [1.54, 1.807) is 0 Å². The second-order valence-electron chi connectivity index (χ2n) is 6.45. The van der Waals surface area contributed by atoms with E-state index in [2.05, 4.69) is 24.2 Å². The average molecular weight is 318 g/mol. The number of carbonyl (C=O) groups excluding carboxylic acids is 1. The maximum atomic E-state index is 12.4. The summed E-state index contributed by atoms with van der Waals surface area (Å²) in [6.45, 7) is 3.17. The fraction of sp³-hybridized carbons (Fsp3) is 0.632. The molecular formula is C19H30N2O2. The lowest BCUT2D eigenvalue weighted by Crippen LogP contribution is -2.37. The number of carbonyl (C=O) groups is 1. The number of hydrogen-bond acceptors (Lipinski definition) is 3. The standard InChI is InChI=1S/C19H30N2O2/c1-3-14-23-18-13-9-8-12-17(18)20-19(22)15-21(2)16-10-6-4-5-7-11-16/h8-9,12-13,16H,3-7,10-11,14-15H2,1-2H3,(H,20,22). The first-order valence-electron chi connectivity index (χ1n) is 8.92. The molecule has 1 aromatic carbocycles. The molecule has 0 aliphatic heterocycles. The van der Waals surface area contributed by atoms with Crippen molar-refractivity contribution in [1.29, 1.82) is 0 Å². The highest BCUT2D eigenvalue weighted by molar-refractivity contribution is 5.93. The van der Waals surface area contributed by atoms with Crippen molar-refractivity contribution >= 4 is 11.6 Å². The van der Waals surface area contributed by atoms with Gasteiger partial charge in [0.15, 0.2) is 0 Å². The minimum atomic E-state index is 0.0318. The van der Waals surface area contributed by atoms with Crippen LogP contribution in [0, 0.1) is 0 Å². The molecule has 0 saturated heterocycles. The van der Waals surface area contributed by atoms with Crippen molar-refractivity contribution in [2.45, 2.75) is 57.9 Å². The van der Waals surface area contributed by atoms with Crippen LogP contribution in [-0.2, 0) is 4.79 Å². The fourth-order valence-electron chi connectivity index (χ4n) is 3.15. The average Bonchev–Trinajstić information content (AvgIpc) is 2.83. The van der Waals surface area contributed by atoms with Crippen LogP contribution < -0.4 is 10.1 Å². The number of benzene rings is 1. The summed E-state index contributed by atoms with van der Waals surface area (Å²) in [5.41, 5.74) is 0.764. The van der Waals surface area contributed by atoms with Gasteiger partial charge in [-0.3, -0.25) is 9.69 Å². The topological polar surface area (TPSA) is 41.6 Å². The fourth-order valence-corrected chi connectivity index (χ4v) is 3.15. The molecule has 0 unspecified atom stereocenters. The normalized spacial score (nSPS) is 16.1. The third kappa shape index (κ3) is 5.87. The van der Waals surface area contributed by atoms with E-state index in [9.17, 15) is 4.79 Å². The minimum Gasteiger partial charge on any atom is -0.491 e. The van der Waals surface area contributed by atoms with Crippen LogP contribution in [0.5, 0.6) is 5.75 Å². The van der Waals surface area contributed by atoms with Gasteiger partial charge >= 0.3 is 0 Å². The largest absolute Gasteiger partial charge is 0.491 e. The summed E-state index contributed by atoms with van der Waals surface area (Å²) in [6, 6.07) is 8.19. The Labute approximate surface area is 140 Å². The molecule has 1 amide bonds. The van der Waals surface area contributed by atoms with Crippen molar-refractivity contribution in [2.75, 3.05) is 25.5 Å². The predicted molar refractivity (Wildman–Crippen MR) is 95.0 cm³/mol. The van der Waals surface area contributed by atoms with Gasteiger partial charge in [0.2, 0.25) is 5.91 Å². The first kappa shape index (κ1) is 17.8. The lowest BCUT2D eigenvalue weighted by molar-refractivity contribution is -0.117. The molecule has 4 nitrogen and oxygen atoms in total.